The molecule has 0 amide bonds. The SMILES string of the molecule is C=CCOCc1cc(C2CC2)cc(F)c1Br. The van der Waals surface area contributed by atoms with Gasteiger partial charge in [-0.15, -0.1) is 6.58 Å². The molecule has 0 unspecified atom stereocenters. The van der Waals surface area contributed by atoms with Crippen molar-refractivity contribution >= 4 is 15.9 Å². The summed E-state index contributed by atoms with van der Waals surface area (Å²) in [6.45, 7) is 4.49. The van der Waals surface area contributed by atoms with E-state index in [1.165, 1.54) is 12.8 Å². The number of hydrogen-bond acceptors (Lipinski definition) is 1. The molecule has 1 aromatic carbocycles. The molecule has 3 heteroatoms. The minimum atomic E-state index is -0.193. The van der Waals surface area contributed by atoms with E-state index in [9.17, 15) is 4.39 Å². The van der Waals surface area contributed by atoms with Gasteiger partial charge in [0.1, 0.15) is 5.82 Å². The number of hydrogen-bond donors (Lipinski definition) is 0. The summed E-state index contributed by atoms with van der Waals surface area (Å²) in [5.74, 6) is 0.363. The molecule has 86 valence electrons. The van der Waals surface area contributed by atoms with Crippen molar-refractivity contribution in [3.63, 3.8) is 0 Å². The van der Waals surface area contributed by atoms with Crippen LogP contribution in [0.15, 0.2) is 29.3 Å². The lowest BCUT2D eigenvalue weighted by atomic mass is 10.1. The molecule has 1 fully saturated rings. The van der Waals surface area contributed by atoms with Crippen LogP contribution in [0, 0.1) is 5.82 Å². The molecule has 0 radical (unpaired) electrons. The summed E-state index contributed by atoms with van der Waals surface area (Å²) in [6, 6.07) is 3.66. The summed E-state index contributed by atoms with van der Waals surface area (Å²) in [5.41, 5.74) is 1.97. The molecule has 1 saturated carbocycles. The Labute approximate surface area is 103 Å². The van der Waals surface area contributed by atoms with Crippen LogP contribution in [0.25, 0.3) is 0 Å². The van der Waals surface area contributed by atoms with Gasteiger partial charge in [0, 0.05) is 0 Å². The number of ether oxygens (including phenoxy) is 1. The Morgan fingerprint density at radius 1 is 1.50 bits per heavy atom. The zero-order valence-corrected chi connectivity index (χ0v) is 10.6. The monoisotopic (exact) mass is 284 g/mol. The molecule has 1 aliphatic carbocycles. The zero-order chi connectivity index (χ0) is 11.5. The molecule has 0 N–H and O–H groups in total. The second-order valence-corrected chi connectivity index (χ2v) is 4.85. The highest BCUT2D eigenvalue weighted by Gasteiger charge is 2.25. The summed E-state index contributed by atoms with van der Waals surface area (Å²) < 4.78 is 19.5. The lowest BCUT2D eigenvalue weighted by Crippen LogP contribution is -1.97. The predicted molar refractivity (Wildman–Crippen MR) is 65.9 cm³/mol. The van der Waals surface area contributed by atoms with Crippen molar-refractivity contribution in [3.8, 4) is 0 Å². The molecule has 16 heavy (non-hydrogen) atoms. The van der Waals surface area contributed by atoms with E-state index < -0.39 is 0 Å². The third kappa shape index (κ3) is 2.71. The van der Waals surface area contributed by atoms with Crippen LogP contribution in [0.4, 0.5) is 4.39 Å². The minimum absolute atomic E-state index is 0.193. The number of rotatable bonds is 5. The van der Waals surface area contributed by atoms with Crippen molar-refractivity contribution in [2.24, 2.45) is 0 Å². The van der Waals surface area contributed by atoms with E-state index in [-0.39, 0.29) is 5.82 Å². The van der Waals surface area contributed by atoms with E-state index in [1.807, 2.05) is 6.07 Å². The maximum Gasteiger partial charge on any atom is 0.138 e. The van der Waals surface area contributed by atoms with Gasteiger partial charge in [-0.25, -0.2) is 4.39 Å². The van der Waals surface area contributed by atoms with Crippen LogP contribution in [0.2, 0.25) is 0 Å². The summed E-state index contributed by atoms with van der Waals surface area (Å²) in [6.07, 6.45) is 4.04. The van der Waals surface area contributed by atoms with Gasteiger partial charge in [-0.2, -0.15) is 0 Å². The normalized spacial score (nSPS) is 15.1. The number of benzene rings is 1. The Bertz CT molecular complexity index is 399. The van der Waals surface area contributed by atoms with Gasteiger partial charge >= 0.3 is 0 Å². The van der Waals surface area contributed by atoms with Crippen LogP contribution in [0.3, 0.4) is 0 Å². The molecule has 0 heterocycles. The van der Waals surface area contributed by atoms with Crippen LogP contribution in [0.1, 0.15) is 29.9 Å². The summed E-state index contributed by atoms with van der Waals surface area (Å²) in [4.78, 5) is 0. The van der Waals surface area contributed by atoms with Crippen molar-refractivity contribution in [1.29, 1.82) is 0 Å². The smallest absolute Gasteiger partial charge is 0.138 e. The first-order valence-electron chi connectivity index (χ1n) is 5.39. The van der Waals surface area contributed by atoms with Gasteiger partial charge in [0.2, 0.25) is 0 Å². The van der Waals surface area contributed by atoms with Crippen molar-refractivity contribution in [3.05, 3.63) is 46.2 Å². The fraction of sp³-hybridized carbons (Fsp3) is 0.385. The molecule has 1 nitrogen and oxygen atoms in total. The average Bonchev–Trinajstić information content (AvgIpc) is 3.08. The lowest BCUT2D eigenvalue weighted by molar-refractivity contribution is 0.148. The second-order valence-electron chi connectivity index (χ2n) is 4.05. The second kappa shape index (κ2) is 5.11. The summed E-state index contributed by atoms with van der Waals surface area (Å²) in [5, 5.41) is 0. The van der Waals surface area contributed by atoms with Crippen LogP contribution in [-0.4, -0.2) is 6.61 Å². The van der Waals surface area contributed by atoms with E-state index in [4.69, 9.17) is 4.74 Å². The fourth-order valence-electron chi connectivity index (χ4n) is 1.68. The highest BCUT2D eigenvalue weighted by molar-refractivity contribution is 9.10. The first-order chi connectivity index (χ1) is 7.72. The fourth-order valence-corrected chi connectivity index (χ4v) is 2.02. The van der Waals surface area contributed by atoms with Crippen LogP contribution >= 0.6 is 15.9 Å². The van der Waals surface area contributed by atoms with Crippen molar-refractivity contribution in [2.45, 2.75) is 25.4 Å². The summed E-state index contributed by atoms with van der Waals surface area (Å²) >= 11 is 3.26. The molecule has 0 bridgehead atoms. The minimum Gasteiger partial charge on any atom is -0.373 e. The molecular weight excluding hydrogens is 271 g/mol. The molecule has 2 rings (SSSR count). The van der Waals surface area contributed by atoms with Gasteiger partial charge in [-0.3, -0.25) is 0 Å². The van der Waals surface area contributed by atoms with E-state index in [0.717, 1.165) is 11.1 Å². The average molecular weight is 285 g/mol. The quantitative estimate of drug-likeness (QED) is 0.583. The zero-order valence-electron chi connectivity index (χ0n) is 9.01. The van der Waals surface area contributed by atoms with E-state index in [0.29, 0.717) is 23.6 Å². The largest absolute Gasteiger partial charge is 0.373 e. The van der Waals surface area contributed by atoms with Crippen molar-refractivity contribution in [1.82, 2.24) is 0 Å². The molecule has 1 aliphatic rings. The topological polar surface area (TPSA) is 9.23 Å². The van der Waals surface area contributed by atoms with Gasteiger partial charge < -0.3 is 4.74 Å². The maximum atomic E-state index is 13.6. The van der Waals surface area contributed by atoms with Crippen molar-refractivity contribution < 1.29 is 9.13 Å². The lowest BCUT2D eigenvalue weighted by Gasteiger charge is -2.08. The van der Waals surface area contributed by atoms with Gasteiger partial charge in [0.05, 0.1) is 17.7 Å². The first kappa shape index (κ1) is 11.8. The van der Waals surface area contributed by atoms with Crippen LogP contribution in [0.5, 0.6) is 0 Å². The highest BCUT2D eigenvalue weighted by atomic mass is 79.9. The van der Waals surface area contributed by atoms with Crippen molar-refractivity contribution in [2.75, 3.05) is 6.61 Å². The van der Waals surface area contributed by atoms with Gasteiger partial charge in [-0.05, 0) is 51.9 Å². The van der Waals surface area contributed by atoms with Gasteiger partial charge in [0.15, 0.2) is 0 Å². The molecule has 0 spiro atoms. The third-order valence-electron chi connectivity index (χ3n) is 2.67. The maximum absolute atomic E-state index is 13.6. The molecular formula is C13H14BrFO. The van der Waals surface area contributed by atoms with E-state index in [1.54, 1.807) is 12.1 Å². The molecule has 0 aromatic heterocycles. The Hall–Kier alpha value is -0.670. The van der Waals surface area contributed by atoms with Crippen LogP contribution < -0.4 is 0 Å². The predicted octanol–water partition coefficient (Wildman–Crippen LogP) is 4.17. The number of halogens is 2. The highest BCUT2D eigenvalue weighted by Crippen LogP contribution is 2.41. The molecule has 0 atom stereocenters. The Kier molecular flexibility index (Phi) is 3.77. The Morgan fingerprint density at radius 2 is 2.25 bits per heavy atom. The first-order valence-corrected chi connectivity index (χ1v) is 6.18. The van der Waals surface area contributed by atoms with E-state index in [2.05, 4.69) is 22.5 Å². The Morgan fingerprint density at radius 3 is 2.88 bits per heavy atom. The van der Waals surface area contributed by atoms with Crippen LogP contribution in [-0.2, 0) is 11.3 Å². The molecule has 1 aromatic rings. The molecule has 0 aliphatic heterocycles. The molecule has 0 saturated heterocycles. The van der Waals surface area contributed by atoms with E-state index >= 15 is 0 Å². The summed E-state index contributed by atoms with van der Waals surface area (Å²) in [7, 11) is 0. The van der Waals surface area contributed by atoms with Gasteiger partial charge in [-0.1, -0.05) is 12.1 Å². The standard InChI is InChI=1S/C13H14BrFO/c1-2-5-16-8-11-6-10(9-3-4-9)7-12(15)13(11)14/h2,6-7,9H,1,3-5,8H2. The Balaban J connectivity index is 2.17. The third-order valence-corrected chi connectivity index (χ3v) is 3.56. The van der Waals surface area contributed by atoms with Gasteiger partial charge in [0.25, 0.3) is 0 Å².